The number of rotatable bonds is 15. The summed E-state index contributed by atoms with van der Waals surface area (Å²) < 4.78 is 0. The summed E-state index contributed by atoms with van der Waals surface area (Å²) in [7, 11) is 0. The fourth-order valence-corrected chi connectivity index (χ4v) is 2.49. The normalized spacial score (nSPS) is 11.8. The first-order valence-electron chi connectivity index (χ1n) is 8.81. The molecule has 0 heterocycles. The molecule has 0 aromatic rings. The Labute approximate surface area is 130 Å². The number of hydrogen-bond donors (Lipinski definition) is 2. The molecular weight excluding hydrogens is 264 g/mol. The molecule has 0 bridgehead atoms. The van der Waals surface area contributed by atoms with Crippen molar-refractivity contribution in [2.45, 2.75) is 96.8 Å². The van der Waals surface area contributed by atoms with Crippen LogP contribution in [-0.4, -0.2) is 16.2 Å². The molecule has 0 amide bonds. The molecule has 0 aromatic heterocycles. The summed E-state index contributed by atoms with van der Waals surface area (Å²) in [4.78, 5) is 10.3. The molecule has 3 heteroatoms. The van der Waals surface area contributed by atoms with Crippen molar-refractivity contribution < 1.29 is 15.0 Å². The number of aliphatic hydroxyl groups is 1. The van der Waals surface area contributed by atoms with Crippen molar-refractivity contribution in [3.05, 3.63) is 11.8 Å². The van der Waals surface area contributed by atoms with Gasteiger partial charge in [-0.05, 0) is 18.9 Å². The molecule has 0 fully saturated rings. The third-order valence-electron chi connectivity index (χ3n) is 3.86. The Morgan fingerprint density at radius 3 is 1.48 bits per heavy atom. The molecule has 0 rings (SSSR count). The van der Waals surface area contributed by atoms with Crippen molar-refractivity contribution in [2.75, 3.05) is 0 Å². The summed E-state index contributed by atoms with van der Waals surface area (Å²) in [6.07, 6.45) is 19.0. The predicted octanol–water partition coefficient (Wildman–Crippen LogP) is 5.99. The summed E-state index contributed by atoms with van der Waals surface area (Å²) in [5.41, 5.74) is 0. The van der Waals surface area contributed by atoms with Crippen LogP contribution in [0.2, 0.25) is 0 Å². The highest BCUT2D eigenvalue weighted by Crippen LogP contribution is 2.13. The van der Waals surface area contributed by atoms with Gasteiger partial charge in [0, 0.05) is 0 Å². The minimum atomic E-state index is -1.23. The van der Waals surface area contributed by atoms with Crippen molar-refractivity contribution in [2.24, 2.45) is 0 Å². The summed E-state index contributed by atoms with van der Waals surface area (Å²) in [6.45, 7) is 2.26. The van der Waals surface area contributed by atoms with Crippen molar-refractivity contribution >= 4 is 5.97 Å². The highest BCUT2D eigenvalue weighted by molar-refractivity contribution is 5.83. The van der Waals surface area contributed by atoms with Crippen molar-refractivity contribution in [1.29, 1.82) is 0 Å². The first-order chi connectivity index (χ1) is 10.2. The van der Waals surface area contributed by atoms with Crippen LogP contribution in [0.15, 0.2) is 11.8 Å². The average molecular weight is 298 g/mol. The number of unbranched alkanes of at least 4 members (excludes halogenated alkanes) is 13. The zero-order valence-corrected chi connectivity index (χ0v) is 13.8. The second-order valence-electron chi connectivity index (χ2n) is 5.93. The smallest absolute Gasteiger partial charge is 0.370 e. The first-order valence-corrected chi connectivity index (χ1v) is 8.81. The van der Waals surface area contributed by atoms with Gasteiger partial charge in [-0.25, -0.2) is 4.79 Å². The lowest BCUT2D eigenvalue weighted by Crippen LogP contribution is -1.98. The maximum atomic E-state index is 10.3. The molecular formula is C18H34O3. The van der Waals surface area contributed by atoms with E-state index in [1.165, 1.54) is 76.7 Å². The number of allylic oxidation sites excluding steroid dienone is 1. The van der Waals surface area contributed by atoms with Crippen LogP contribution >= 0.6 is 0 Å². The van der Waals surface area contributed by atoms with Crippen LogP contribution in [0.25, 0.3) is 0 Å². The highest BCUT2D eigenvalue weighted by Gasteiger charge is 2.01. The van der Waals surface area contributed by atoms with Gasteiger partial charge in [0.25, 0.3) is 0 Å². The molecule has 3 nitrogen and oxygen atoms in total. The monoisotopic (exact) mass is 298 g/mol. The molecule has 0 aliphatic carbocycles. The largest absolute Gasteiger partial charge is 0.502 e. The third kappa shape index (κ3) is 15.2. The molecule has 0 spiro atoms. The van der Waals surface area contributed by atoms with Crippen LogP contribution in [0, 0.1) is 0 Å². The molecule has 2 N–H and O–H groups in total. The minimum Gasteiger partial charge on any atom is -0.502 e. The van der Waals surface area contributed by atoms with Gasteiger partial charge in [0.2, 0.25) is 0 Å². The highest BCUT2D eigenvalue weighted by atomic mass is 16.4. The minimum absolute atomic E-state index is 0.520. The molecule has 0 radical (unpaired) electrons. The quantitative estimate of drug-likeness (QED) is 0.222. The molecule has 0 saturated heterocycles. The number of carbonyl (C=O) groups is 1. The maximum Gasteiger partial charge on any atom is 0.370 e. The molecule has 0 aromatic carbocycles. The van der Waals surface area contributed by atoms with E-state index in [1.807, 2.05) is 0 Å². The fourth-order valence-electron chi connectivity index (χ4n) is 2.49. The molecule has 0 atom stereocenters. The van der Waals surface area contributed by atoms with E-state index in [0.717, 1.165) is 12.8 Å². The molecule has 124 valence electrons. The lowest BCUT2D eigenvalue weighted by atomic mass is 10.0. The van der Waals surface area contributed by atoms with E-state index in [4.69, 9.17) is 10.2 Å². The Morgan fingerprint density at radius 2 is 1.10 bits per heavy atom. The van der Waals surface area contributed by atoms with Crippen molar-refractivity contribution in [3.63, 3.8) is 0 Å². The standard InChI is InChI=1S/C18H34O3/c1-2-3-4-5-6-7-8-9-10-11-12-13-14-15-16-17(19)18(20)21/h16,19H,2-15H2,1H3,(H,20,21)/b17-16+. The van der Waals surface area contributed by atoms with Gasteiger partial charge in [-0.3, -0.25) is 0 Å². The van der Waals surface area contributed by atoms with Crippen LogP contribution in [0.4, 0.5) is 0 Å². The lowest BCUT2D eigenvalue weighted by Gasteiger charge is -2.02. The van der Waals surface area contributed by atoms with Crippen LogP contribution in [0.1, 0.15) is 96.8 Å². The van der Waals surface area contributed by atoms with Crippen LogP contribution in [0.3, 0.4) is 0 Å². The van der Waals surface area contributed by atoms with E-state index < -0.39 is 11.7 Å². The van der Waals surface area contributed by atoms with E-state index in [1.54, 1.807) is 0 Å². The van der Waals surface area contributed by atoms with E-state index in [-0.39, 0.29) is 0 Å². The van der Waals surface area contributed by atoms with E-state index in [9.17, 15) is 4.79 Å². The third-order valence-corrected chi connectivity index (χ3v) is 3.86. The Balaban J connectivity index is 3.12. The van der Waals surface area contributed by atoms with Gasteiger partial charge >= 0.3 is 5.97 Å². The number of carboxylic acid groups (broad SMARTS) is 1. The Kier molecular flexibility index (Phi) is 14.7. The van der Waals surface area contributed by atoms with Gasteiger partial charge in [-0.2, -0.15) is 0 Å². The van der Waals surface area contributed by atoms with Gasteiger partial charge in [-0.15, -0.1) is 0 Å². The molecule has 0 aliphatic heterocycles. The summed E-state index contributed by atoms with van der Waals surface area (Å²) >= 11 is 0. The SMILES string of the molecule is CCCCCCCCCCCCCCC/C=C(/O)C(=O)O. The van der Waals surface area contributed by atoms with Crippen LogP contribution < -0.4 is 0 Å². The number of carboxylic acids is 1. The lowest BCUT2D eigenvalue weighted by molar-refractivity contribution is -0.135. The second-order valence-corrected chi connectivity index (χ2v) is 5.93. The predicted molar refractivity (Wildman–Crippen MR) is 88.7 cm³/mol. The fraction of sp³-hybridized carbons (Fsp3) is 0.833. The summed E-state index contributed by atoms with van der Waals surface area (Å²) in [5, 5.41) is 17.4. The van der Waals surface area contributed by atoms with E-state index >= 15 is 0 Å². The zero-order valence-electron chi connectivity index (χ0n) is 13.8. The van der Waals surface area contributed by atoms with Gasteiger partial charge in [0.05, 0.1) is 0 Å². The molecule has 21 heavy (non-hydrogen) atoms. The van der Waals surface area contributed by atoms with E-state index in [0.29, 0.717) is 6.42 Å². The van der Waals surface area contributed by atoms with E-state index in [2.05, 4.69) is 6.92 Å². The zero-order chi connectivity index (χ0) is 15.8. The number of aliphatic carboxylic acids is 1. The topological polar surface area (TPSA) is 57.5 Å². The Hall–Kier alpha value is -0.990. The Morgan fingerprint density at radius 1 is 0.714 bits per heavy atom. The molecule has 0 saturated carbocycles. The Bertz CT molecular complexity index is 272. The van der Waals surface area contributed by atoms with Gasteiger partial charge in [0.1, 0.15) is 0 Å². The summed E-state index contributed by atoms with van der Waals surface area (Å²) in [5.74, 6) is -1.75. The number of hydrogen-bond acceptors (Lipinski definition) is 2. The average Bonchev–Trinajstić information content (AvgIpc) is 2.47. The first kappa shape index (κ1) is 20.0. The number of aliphatic hydroxyl groups excluding tert-OH is 1. The summed E-state index contributed by atoms with van der Waals surface area (Å²) in [6, 6.07) is 0. The molecule has 0 aliphatic rings. The van der Waals surface area contributed by atoms with Crippen molar-refractivity contribution in [3.8, 4) is 0 Å². The van der Waals surface area contributed by atoms with Gasteiger partial charge in [0.15, 0.2) is 5.76 Å². The van der Waals surface area contributed by atoms with Crippen LogP contribution in [-0.2, 0) is 4.79 Å². The van der Waals surface area contributed by atoms with Crippen LogP contribution in [0.5, 0.6) is 0 Å². The molecule has 0 unspecified atom stereocenters. The second kappa shape index (κ2) is 15.4. The van der Waals surface area contributed by atoms with Crippen molar-refractivity contribution in [1.82, 2.24) is 0 Å². The maximum absolute atomic E-state index is 10.3. The van der Waals surface area contributed by atoms with Gasteiger partial charge < -0.3 is 10.2 Å². The van der Waals surface area contributed by atoms with Gasteiger partial charge in [-0.1, -0.05) is 84.0 Å².